The predicted octanol–water partition coefficient (Wildman–Crippen LogP) is 3.59. The Morgan fingerprint density at radius 3 is 2.12 bits per heavy atom. The lowest BCUT2D eigenvalue weighted by atomic mass is 10.0. The van der Waals surface area contributed by atoms with Crippen molar-refractivity contribution in [3.05, 3.63) is 66.2 Å². The summed E-state index contributed by atoms with van der Waals surface area (Å²) in [4.78, 5) is 19.3. The van der Waals surface area contributed by atoms with E-state index in [2.05, 4.69) is 40.1 Å². The van der Waals surface area contributed by atoms with Gasteiger partial charge in [0, 0.05) is 44.5 Å². The Morgan fingerprint density at radius 1 is 0.800 bits per heavy atom. The monoisotopic (exact) mass is 335 g/mol. The van der Waals surface area contributed by atoms with E-state index in [1.165, 1.54) is 5.56 Å². The van der Waals surface area contributed by atoms with Crippen LogP contribution < -0.4 is 4.90 Å². The number of likely N-dealkylation sites (tertiary alicyclic amines) is 1. The third kappa shape index (κ3) is 3.54. The van der Waals surface area contributed by atoms with E-state index >= 15 is 0 Å². The van der Waals surface area contributed by atoms with Crippen LogP contribution in [0.3, 0.4) is 0 Å². The number of amides is 2. The van der Waals surface area contributed by atoms with Crippen molar-refractivity contribution in [2.75, 3.05) is 31.1 Å². The lowest BCUT2D eigenvalue weighted by molar-refractivity contribution is 0.133. The van der Waals surface area contributed by atoms with Gasteiger partial charge >= 0.3 is 6.03 Å². The van der Waals surface area contributed by atoms with Gasteiger partial charge in [-0.05, 0) is 30.5 Å². The second kappa shape index (κ2) is 7.28. The normalized spacial score (nSPS) is 19.6. The highest BCUT2D eigenvalue weighted by atomic mass is 16.2. The lowest BCUT2D eigenvalue weighted by Crippen LogP contribution is -2.46. The number of rotatable bonds is 4. The van der Waals surface area contributed by atoms with Crippen molar-refractivity contribution in [3.63, 3.8) is 0 Å². The average molecular weight is 335 g/mol. The van der Waals surface area contributed by atoms with Gasteiger partial charge in [-0.2, -0.15) is 0 Å². The van der Waals surface area contributed by atoms with E-state index < -0.39 is 0 Å². The van der Waals surface area contributed by atoms with Crippen LogP contribution in [0.15, 0.2) is 60.7 Å². The fourth-order valence-electron chi connectivity index (χ4n) is 3.97. The van der Waals surface area contributed by atoms with Crippen LogP contribution in [-0.4, -0.2) is 48.1 Å². The van der Waals surface area contributed by atoms with Crippen molar-refractivity contribution in [3.8, 4) is 0 Å². The van der Waals surface area contributed by atoms with Gasteiger partial charge in [-0.25, -0.2) is 4.79 Å². The Hall–Kier alpha value is -2.33. The molecule has 130 valence electrons. The number of para-hydroxylation sites is 1. The smallest absolute Gasteiger partial charge is 0.319 e. The molecule has 0 spiro atoms. The molecule has 0 saturated carbocycles. The minimum absolute atomic E-state index is 0.174. The molecule has 2 aromatic carbocycles. The Morgan fingerprint density at radius 2 is 1.44 bits per heavy atom. The molecule has 4 rings (SSSR count). The minimum Gasteiger partial charge on any atom is -0.319 e. The van der Waals surface area contributed by atoms with Crippen LogP contribution >= 0.6 is 0 Å². The van der Waals surface area contributed by atoms with Crippen LogP contribution in [0, 0.1) is 0 Å². The van der Waals surface area contributed by atoms with Crippen molar-refractivity contribution in [2.45, 2.75) is 25.4 Å². The van der Waals surface area contributed by atoms with E-state index in [1.54, 1.807) is 0 Å². The zero-order valence-electron chi connectivity index (χ0n) is 14.6. The molecule has 2 amide bonds. The maximum absolute atomic E-state index is 12.8. The Kier molecular flexibility index (Phi) is 4.70. The molecular weight excluding hydrogens is 310 g/mol. The molecule has 4 nitrogen and oxygen atoms in total. The Balaban J connectivity index is 1.33. The SMILES string of the molecule is O=C1N(c2ccccc2)CCN1C1CCN(Cc2ccccc2)CC1. The topological polar surface area (TPSA) is 26.8 Å². The van der Waals surface area contributed by atoms with Crippen molar-refractivity contribution in [2.24, 2.45) is 0 Å². The molecule has 2 fully saturated rings. The molecule has 0 aliphatic carbocycles. The molecule has 0 unspecified atom stereocenters. The van der Waals surface area contributed by atoms with E-state index in [9.17, 15) is 4.79 Å². The summed E-state index contributed by atoms with van der Waals surface area (Å²) in [6.45, 7) is 4.78. The molecule has 0 aromatic heterocycles. The summed E-state index contributed by atoms with van der Waals surface area (Å²) in [5.41, 5.74) is 2.38. The number of piperidine rings is 1. The van der Waals surface area contributed by atoms with Gasteiger partial charge in [0.15, 0.2) is 0 Å². The quantitative estimate of drug-likeness (QED) is 0.854. The summed E-state index contributed by atoms with van der Waals surface area (Å²) in [7, 11) is 0. The first-order valence-corrected chi connectivity index (χ1v) is 9.21. The summed E-state index contributed by atoms with van der Waals surface area (Å²) in [6, 6.07) is 21.2. The zero-order chi connectivity index (χ0) is 17.1. The van der Waals surface area contributed by atoms with E-state index in [0.717, 1.165) is 51.3 Å². The van der Waals surface area contributed by atoms with Crippen LogP contribution in [0.2, 0.25) is 0 Å². The van der Waals surface area contributed by atoms with Crippen LogP contribution in [0.4, 0.5) is 10.5 Å². The average Bonchev–Trinajstić information content (AvgIpc) is 3.05. The molecule has 0 N–H and O–H groups in total. The molecular formula is C21H25N3O. The number of anilines is 1. The molecule has 25 heavy (non-hydrogen) atoms. The number of nitrogens with zero attached hydrogens (tertiary/aromatic N) is 3. The summed E-state index contributed by atoms with van der Waals surface area (Å²) in [5.74, 6) is 0. The molecule has 0 radical (unpaired) electrons. The fourth-order valence-corrected chi connectivity index (χ4v) is 3.97. The first-order chi connectivity index (χ1) is 12.3. The second-order valence-electron chi connectivity index (χ2n) is 6.96. The highest BCUT2D eigenvalue weighted by Crippen LogP contribution is 2.25. The van der Waals surface area contributed by atoms with Gasteiger partial charge in [0.25, 0.3) is 0 Å². The summed E-state index contributed by atoms with van der Waals surface area (Å²) in [6.07, 6.45) is 2.14. The Labute approximate surface area is 149 Å². The maximum atomic E-state index is 12.8. The fraction of sp³-hybridized carbons (Fsp3) is 0.381. The highest BCUT2D eigenvalue weighted by Gasteiger charge is 2.35. The third-order valence-corrected chi connectivity index (χ3v) is 5.36. The number of benzene rings is 2. The minimum atomic E-state index is 0.174. The van der Waals surface area contributed by atoms with Gasteiger partial charge in [0.05, 0.1) is 0 Å². The van der Waals surface area contributed by atoms with Gasteiger partial charge in [-0.15, -0.1) is 0 Å². The number of carbonyl (C=O) groups is 1. The van der Waals surface area contributed by atoms with Crippen molar-refractivity contribution in [1.29, 1.82) is 0 Å². The van der Waals surface area contributed by atoms with E-state index in [4.69, 9.17) is 0 Å². The van der Waals surface area contributed by atoms with Crippen LogP contribution in [-0.2, 0) is 6.54 Å². The molecule has 4 heteroatoms. The molecule has 2 saturated heterocycles. The van der Waals surface area contributed by atoms with Crippen LogP contribution in [0.5, 0.6) is 0 Å². The standard InChI is InChI=1S/C21H25N3O/c25-21-23(19-9-5-2-6-10-19)15-16-24(21)20-11-13-22(14-12-20)17-18-7-3-1-4-8-18/h1-10,20H,11-17H2. The molecule has 2 aromatic rings. The predicted molar refractivity (Wildman–Crippen MR) is 101 cm³/mol. The molecule has 2 aliphatic heterocycles. The van der Waals surface area contributed by atoms with Crippen molar-refractivity contribution >= 4 is 11.7 Å². The van der Waals surface area contributed by atoms with Crippen LogP contribution in [0.25, 0.3) is 0 Å². The molecule has 0 atom stereocenters. The maximum Gasteiger partial charge on any atom is 0.324 e. The van der Waals surface area contributed by atoms with Crippen molar-refractivity contribution < 1.29 is 4.79 Å². The van der Waals surface area contributed by atoms with E-state index in [0.29, 0.717) is 6.04 Å². The summed E-state index contributed by atoms with van der Waals surface area (Å²) in [5, 5.41) is 0. The Bertz CT molecular complexity index is 696. The molecule has 0 bridgehead atoms. The first kappa shape index (κ1) is 16.2. The number of carbonyl (C=O) groups excluding carboxylic acids is 1. The van der Waals surface area contributed by atoms with Gasteiger partial charge in [0.2, 0.25) is 0 Å². The molecule has 2 heterocycles. The zero-order valence-corrected chi connectivity index (χ0v) is 14.6. The van der Waals surface area contributed by atoms with Gasteiger partial charge in [0.1, 0.15) is 0 Å². The highest BCUT2D eigenvalue weighted by molar-refractivity contribution is 5.94. The first-order valence-electron chi connectivity index (χ1n) is 9.21. The van der Waals surface area contributed by atoms with Crippen molar-refractivity contribution in [1.82, 2.24) is 9.80 Å². The summed E-state index contributed by atoms with van der Waals surface area (Å²) >= 11 is 0. The van der Waals surface area contributed by atoms with Gasteiger partial charge in [-0.3, -0.25) is 9.80 Å². The lowest BCUT2D eigenvalue weighted by Gasteiger charge is -2.36. The second-order valence-corrected chi connectivity index (χ2v) is 6.96. The largest absolute Gasteiger partial charge is 0.324 e. The van der Waals surface area contributed by atoms with E-state index in [1.807, 2.05) is 35.2 Å². The number of hydrogen-bond acceptors (Lipinski definition) is 2. The molecule has 2 aliphatic rings. The van der Waals surface area contributed by atoms with E-state index in [-0.39, 0.29) is 6.03 Å². The summed E-state index contributed by atoms with van der Waals surface area (Å²) < 4.78 is 0. The third-order valence-electron chi connectivity index (χ3n) is 5.36. The van der Waals surface area contributed by atoms with Gasteiger partial charge in [-0.1, -0.05) is 48.5 Å². The number of urea groups is 1. The van der Waals surface area contributed by atoms with Gasteiger partial charge < -0.3 is 4.90 Å². The van der Waals surface area contributed by atoms with Crippen LogP contribution in [0.1, 0.15) is 18.4 Å². The number of hydrogen-bond donors (Lipinski definition) is 0.